The molecule has 114 valence electrons. The van der Waals surface area contributed by atoms with Crippen LogP contribution in [0.15, 0.2) is 24.3 Å². The molecule has 20 heavy (non-hydrogen) atoms. The highest BCUT2D eigenvalue weighted by Gasteiger charge is 2.22. The normalized spacial score (nSPS) is 14.3. The van der Waals surface area contributed by atoms with E-state index in [1.807, 2.05) is 19.1 Å². The maximum Gasteiger partial charge on any atom is 0.119 e. The first-order valence-corrected chi connectivity index (χ1v) is 7.35. The highest BCUT2D eigenvalue weighted by atomic mass is 16.5. The number of rotatable bonds is 9. The molecule has 0 aliphatic heterocycles. The van der Waals surface area contributed by atoms with E-state index in [1.165, 1.54) is 5.56 Å². The van der Waals surface area contributed by atoms with Crippen molar-refractivity contribution in [2.45, 2.75) is 32.9 Å². The van der Waals surface area contributed by atoms with Gasteiger partial charge in [-0.3, -0.25) is 4.90 Å². The number of nitrogens with two attached hydrogens (primary N) is 1. The molecular weight excluding hydrogens is 252 g/mol. The standard InChI is InChI=1S/C16H28N2O2/c1-5-18(13(3)12-19-4)16(11-17)14-8-7-9-15(10-14)20-6-2/h7-10,13,16H,5-6,11-12,17H2,1-4H3. The van der Waals surface area contributed by atoms with Crippen LogP contribution in [0, 0.1) is 0 Å². The summed E-state index contributed by atoms with van der Waals surface area (Å²) in [6.45, 7) is 9.21. The third-order valence-electron chi connectivity index (χ3n) is 3.52. The fourth-order valence-corrected chi connectivity index (χ4v) is 2.62. The molecule has 4 nitrogen and oxygen atoms in total. The highest BCUT2D eigenvalue weighted by Crippen LogP contribution is 2.25. The van der Waals surface area contributed by atoms with Gasteiger partial charge in [0.2, 0.25) is 0 Å². The zero-order valence-electron chi connectivity index (χ0n) is 13.1. The summed E-state index contributed by atoms with van der Waals surface area (Å²) in [5.74, 6) is 0.902. The first-order valence-electron chi connectivity index (χ1n) is 7.35. The minimum Gasteiger partial charge on any atom is -0.494 e. The second-order valence-corrected chi connectivity index (χ2v) is 4.89. The maximum atomic E-state index is 6.02. The van der Waals surface area contributed by atoms with Crippen molar-refractivity contribution in [3.05, 3.63) is 29.8 Å². The lowest BCUT2D eigenvalue weighted by molar-refractivity contribution is 0.0750. The van der Waals surface area contributed by atoms with Gasteiger partial charge in [-0.1, -0.05) is 19.1 Å². The molecule has 2 N–H and O–H groups in total. The molecule has 0 aliphatic rings. The van der Waals surface area contributed by atoms with E-state index in [0.29, 0.717) is 25.8 Å². The number of likely N-dealkylation sites (N-methyl/N-ethyl adjacent to an activating group) is 1. The van der Waals surface area contributed by atoms with Crippen LogP contribution in [0.5, 0.6) is 5.75 Å². The fourth-order valence-electron chi connectivity index (χ4n) is 2.62. The van der Waals surface area contributed by atoms with Gasteiger partial charge in [-0.15, -0.1) is 0 Å². The van der Waals surface area contributed by atoms with Crippen molar-refractivity contribution in [1.29, 1.82) is 0 Å². The van der Waals surface area contributed by atoms with Crippen LogP contribution in [-0.2, 0) is 4.74 Å². The minimum absolute atomic E-state index is 0.186. The molecule has 1 aromatic carbocycles. The maximum absolute atomic E-state index is 6.02. The van der Waals surface area contributed by atoms with E-state index in [-0.39, 0.29) is 6.04 Å². The molecule has 1 rings (SSSR count). The van der Waals surface area contributed by atoms with Gasteiger partial charge in [-0.2, -0.15) is 0 Å². The molecule has 0 heterocycles. The Hall–Kier alpha value is -1.10. The number of hydrogen-bond donors (Lipinski definition) is 1. The third kappa shape index (κ3) is 4.47. The lowest BCUT2D eigenvalue weighted by Gasteiger charge is -2.35. The predicted molar refractivity (Wildman–Crippen MR) is 83.1 cm³/mol. The highest BCUT2D eigenvalue weighted by molar-refractivity contribution is 5.31. The summed E-state index contributed by atoms with van der Waals surface area (Å²) in [5.41, 5.74) is 7.21. The zero-order valence-corrected chi connectivity index (χ0v) is 13.1. The minimum atomic E-state index is 0.186. The van der Waals surface area contributed by atoms with Crippen molar-refractivity contribution in [2.24, 2.45) is 5.73 Å². The number of nitrogens with zero attached hydrogens (tertiary/aromatic N) is 1. The van der Waals surface area contributed by atoms with Crippen LogP contribution in [0.3, 0.4) is 0 Å². The van der Waals surface area contributed by atoms with E-state index >= 15 is 0 Å². The molecule has 2 unspecified atom stereocenters. The number of methoxy groups -OCH3 is 1. The van der Waals surface area contributed by atoms with Gasteiger partial charge < -0.3 is 15.2 Å². The SMILES string of the molecule is CCOc1cccc(C(CN)N(CC)C(C)COC)c1. The van der Waals surface area contributed by atoms with Gasteiger partial charge in [0, 0.05) is 25.7 Å². The van der Waals surface area contributed by atoms with E-state index in [4.69, 9.17) is 15.2 Å². The molecule has 0 aromatic heterocycles. The molecule has 0 bridgehead atoms. The van der Waals surface area contributed by atoms with E-state index in [1.54, 1.807) is 7.11 Å². The van der Waals surface area contributed by atoms with Gasteiger partial charge in [0.25, 0.3) is 0 Å². The second kappa shape index (κ2) is 8.95. The van der Waals surface area contributed by atoms with Crippen LogP contribution in [0.2, 0.25) is 0 Å². The van der Waals surface area contributed by atoms with E-state index in [2.05, 4.69) is 30.9 Å². The van der Waals surface area contributed by atoms with E-state index in [0.717, 1.165) is 12.3 Å². The molecule has 0 fully saturated rings. The van der Waals surface area contributed by atoms with Gasteiger partial charge >= 0.3 is 0 Å². The summed E-state index contributed by atoms with van der Waals surface area (Å²) in [6, 6.07) is 8.72. The van der Waals surface area contributed by atoms with Crippen LogP contribution in [0.25, 0.3) is 0 Å². The van der Waals surface area contributed by atoms with Gasteiger partial charge in [0.1, 0.15) is 5.75 Å². The molecule has 0 aliphatic carbocycles. The number of ether oxygens (including phenoxy) is 2. The molecule has 1 aromatic rings. The second-order valence-electron chi connectivity index (χ2n) is 4.89. The Kier molecular flexibility index (Phi) is 7.59. The number of hydrogen-bond acceptors (Lipinski definition) is 4. The van der Waals surface area contributed by atoms with Gasteiger partial charge in [0.15, 0.2) is 0 Å². The van der Waals surface area contributed by atoms with Crippen molar-refractivity contribution < 1.29 is 9.47 Å². The quantitative estimate of drug-likeness (QED) is 0.755. The molecule has 0 saturated carbocycles. The van der Waals surface area contributed by atoms with Crippen molar-refractivity contribution >= 4 is 0 Å². The number of benzene rings is 1. The Morgan fingerprint density at radius 2 is 2.05 bits per heavy atom. The first-order chi connectivity index (χ1) is 9.67. The third-order valence-corrected chi connectivity index (χ3v) is 3.52. The average molecular weight is 280 g/mol. The molecule has 4 heteroatoms. The Morgan fingerprint density at radius 1 is 1.30 bits per heavy atom. The van der Waals surface area contributed by atoms with E-state index < -0.39 is 0 Å². The molecule has 0 amide bonds. The van der Waals surface area contributed by atoms with Crippen LogP contribution in [-0.4, -0.2) is 44.4 Å². The Balaban J connectivity index is 2.94. The summed E-state index contributed by atoms with van der Waals surface area (Å²) in [4.78, 5) is 2.37. The van der Waals surface area contributed by atoms with Crippen molar-refractivity contribution in [3.8, 4) is 5.75 Å². The molecule has 0 spiro atoms. The van der Waals surface area contributed by atoms with Crippen molar-refractivity contribution in [2.75, 3.05) is 33.4 Å². The lowest BCUT2D eigenvalue weighted by atomic mass is 10.0. The Labute approximate surface area is 122 Å². The van der Waals surface area contributed by atoms with Gasteiger partial charge in [-0.25, -0.2) is 0 Å². The fraction of sp³-hybridized carbons (Fsp3) is 0.625. The lowest BCUT2D eigenvalue weighted by Crippen LogP contribution is -2.42. The molecule has 0 radical (unpaired) electrons. The van der Waals surface area contributed by atoms with Crippen LogP contribution >= 0.6 is 0 Å². The topological polar surface area (TPSA) is 47.7 Å². The summed E-state index contributed by atoms with van der Waals surface area (Å²) < 4.78 is 10.9. The molecule has 0 saturated heterocycles. The monoisotopic (exact) mass is 280 g/mol. The smallest absolute Gasteiger partial charge is 0.119 e. The van der Waals surface area contributed by atoms with Crippen LogP contribution in [0.1, 0.15) is 32.4 Å². The van der Waals surface area contributed by atoms with E-state index in [9.17, 15) is 0 Å². The summed E-state index contributed by atoms with van der Waals surface area (Å²) in [7, 11) is 1.73. The Bertz CT molecular complexity index is 384. The Morgan fingerprint density at radius 3 is 2.60 bits per heavy atom. The van der Waals surface area contributed by atoms with Gasteiger partial charge in [-0.05, 0) is 38.1 Å². The first kappa shape index (κ1) is 17.0. The summed E-state index contributed by atoms with van der Waals surface area (Å²) in [5, 5.41) is 0. The summed E-state index contributed by atoms with van der Waals surface area (Å²) in [6.07, 6.45) is 0. The van der Waals surface area contributed by atoms with Crippen LogP contribution in [0.4, 0.5) is 0 Å². The predicted octanol–water partition coefficient (Wildman–Crippen LogP) is 2.44. The van der Waals surface area contributed by atoms with Crippen LogP contribution < -0.4 is 10.5 Å². The largest absolute Gasteiger partial charge is 0.494 e. The zero-order chi connectivity index (χ0) is 15.0. The molecule has 2 atom stereocenters. The van der Waals surface area contributed by atoms with Crippen molar-refractivity contribution in [1.82, 2.24) is 4.90 Å². The molecular formula is C16H28N2O2. The summed E-state index contributed by atoms with van der Waals surface area (Å²) >= 11 is 0. The van der Waals surface area contributed by atoms with Crippen molar-refractivity contribution in [3.63, 3.8) is 0 Å². The average Bonchev–Trinajstić information content (AvgIpc) is 2.45. The van der Waals surface area contributed by atoms with Gasteiger partial charge in [0.05, 0.1) is 13.2 Å².